The van der Waals surface area contributed by atoms with E-state index in [1.807, 2.05) is 6.07 Å². The minimum Gasteiger partial charge on any atom is -0.374 e. The summed E-state index contributed by atoms with van der Waals surface area (Å²) in [4.78, 5) is 12.1. The summed E-state index contributed by atoms with van der Waals surface area (Å²) < 4.78 is 12.8. The molecule has 0 saturated carbocycles. The van der Waals surface area contributed by atoms with Gasteiger partial charge in [-0.3, -0.25) is 4.79 Å². The molecule has 0 heterocycles. The summed E-state index contributed by atoms with van der Waals surface area (Å²) in [5.74, 6) is -0.569. The van der Waals surface area contributed by atoms with E-state index in [1.54, 1.807) is 43.3 Å². The van der Waals surface area contributed by atoms with E-state index in [4.69, 9.17) is 5.26 Å². The van der Waals surface area contributed by atoms with Crippen molar-refractivity contribution in [3.63, 3.8) is 0 Å². The SMILES string of the molecule is C[C@H](Nc1ccc(F)cc1)C(=O)Nc1cccc(C#N)c1. The second kappa shape index (κ2) is 6.53. The molecule has 2 aromatic rings. The first-order valence-corrected chi connectivity index (χ1v) is 6.41. The number of benzene rings is 2. The molecule has 2 rings (SSSR count). The van der Waals surface area contributed by atoms with Crippen molar-refractivity contribution < 1.29 is 9.18 Å². The molecule has 5 heteroatoms. The summed E-state index contributed by atoms with van der Waals surface area (Å²) in [6.45, 7) is 1.70. The molecule has 0 bridgehead atoms. The molecule has 0 unspecified atom stereocenters. The Kier molecular flexibility index (Phi) is 4.52. The van der Waals surface area contributed by atoms with Gasteiger partial charge in [-0.1, -0.05) is 6.07 Å². The van der Waals surface area contributed by atoms with Crippen molar-refractivity contribution in [3.8, 4) is 6.07 Å². The van der Waals surface area contributed by atoms with Gasteiger partial charge in [-0.25, -0.2) is 4.39 Å². The molecule has 0 fully saturated rings. The molecule has 106 valence electrons. The minimum atomic E-state index is -0.499. The summed E-state index contributed by atoms with van der Waals surface area (Å²) in [5.41, 5.74) is 1.70. The minimum absolute atomic E-state index is 0.241. The smallest absolute Gasteiger partial charge is 0.246 e. The second-order valence-corrected chi connectivity index (χ2v) is 4.55. The topological polar surface area (TPSA) is 64.9 Å². The van der Waals surface area contributed by atoms with Crippen molar-refractivity contribution in [3.05, 3.63) is 59.9 Å². The van der Waals surface area contributed by atoms with Crippen LogP contribution in [0, 0.1) is 17.1 Å². The first-order valence-electron chi connectivity index (χ1n) is 6.41. The van der Waals surface area contributed by atoms with Crippen molar-refractivity contribution in [2.75, 3.05) is 10.6 Å². The summed E-state index contributed by atoms with van der Waals surface area (Å²) >= 11 is 0. The van der Waals surface area contributed by atoms with Gasteiger partial charge >= 0.3 is 0 Å². The van der Waals surface area contributed by atoms with Crippen LogP contribution in [0.15, 0.2) is 48.5 Å². The summed E-state index contributed by atoms with van der Waals surface area (Å²) in [6, 6.07) is 14.0. The summed E-state index contributed by atoms with van der Waals surface area (Å²) in [7, 11) is 0. The summed E-state index contributed by atoms with van der Waals surface area (Å²) in [6.07, 6.45) is 0. The van der Waals surface area contributed by atoms with Crippen molar-refractivity contribution in [1.82, 2.24) is 0 Å². The van der Waals surface area contributed by atoms with Gasteiger partial charge < -0.3 is 10.6 Å². The number of anilines is 2. The van der Waals surface area contributed by atoms with Gasteiger partial charge in [0, 0.05) is 11.4 Å². The Hall–Kier alpha value is -2.87. The Morgan fingerprint density at radius 1 is 1.19 bits per heavy atom. The van der Waals surface area contributed by atoms with E-state index >= 15 is 0 Å². The molecular formula is C16H14FN3O. The highest BCUT2D eigenvalue weighted by atomic mass is 19.1. The molecule has 0 saturated heterocycles. The van der Waals surface area contributed by atoms with Crippen LogP contribution in [0.1, 0.15) is 12.5 Å². The third-order valence-corrected chi connectivity index (χ3v) is 2.88. The predicted molar refractivity (Wildman–Crippen MR) is 79.3 cm³/mol. The molecule has 4 nitrogen and oxygen atoms in total. The van der Waals surface area contributed by atoms with Gasteiger partial charge in [-0.15, -0.1) is 0 Å². The van der Waals surface area contributed by atoms with E-state index in [1.165, 1.54) is 12.1 Å². The Labute approximate surface area is 122 Å². The van der Waals surface area contributed by atoms with Crippen LogP contribution in [0.25, 0.3) is 0 Å². The van der Waals surface area contributed by atoms with E-state index in [0.717, 1.165) is 0 Å². The number of rotatable bonds is 4. The Bertz CT molecular complexity index is 677. The van der Waals surface area contributed by atoms with Gasteiger partial charge in [0.15, 0.2) is 0 Å². The molecular weight excluding hydrogens is 269 g/mol. The van der Waals surface area contributed by atoms with Crippen LogP contribution in [0.4, 0.5) is 15.8 Å². The molecule has 2 aromatic carbocycles. The number of nitriles is 1. The zero-order chi connectivity index (χ0) is 15.2. The van der Waals surface area contributed by atoms with Gasteiger partial charge in [0.05, 0.1) is 11.6 Å². The lowest BCUT2D eigenvalue weighted by Gasteiger charge is -2.15. The third-order valence-electron chi connectivity index (χ3n) is 2.88. The normalized spacial score (nSPS) is 11.3. The molecule has 21 heavy (non-hydrogen) atoms. The van der Waals surface area contributed by atoms with E-state index in [2.05, 4.69) is 10.6 Å². The Balaban J connectivity index is 1.99. The van der Waals surface area contributed by atoms with Crippen molar-refractivity contribution >= 4 is 17.3 Å². The number of hydrogen-bond acceptors (Lipinski definition) is 3. The van der Waals surface area contributed by atoms with Crippen LogP contribution in [-0.2, 0) is 4.79 Å². The highest BCUT2D eigenvalue weighted by Gasteiger charge is 2.13. The lowest BCUT2D eigenvalue weighted by molar-refractivity contribution is -0.116. The maximum absolute atomic E-state index is 12.8. The molecule has 1 atom stereocenters. The van der Waals surface area contributed by atoms with Crippen molar-refractivity contribution in [1.29, 1.82) is 5.26 Å². The molecule has 0 aromatic heterocycles. The molecule has 0 aliphatic rings. The van der Waals surface area contributed by atoms with Crippen LogP contribution in [0.3, 0.4) is 0 Å². The fourth-order valence-corrected chi connectivity index (χ4v) is 1.78. The largest absolute Gasteiger partial charge is 0.374 e. The van der Waals surface area contributed by atoms with Crippen LogP contribution in [-0.4, -0.2) is 11.9 Å². The van der Waals surface area contributed by atoms with Gasteiger partial charge in [0.25, 0.3) is 0 Å². The second-order valence-electron chi connectivity index (χ2n) is 4.55. The number of halogens is 1. The van der Waals surface area contributed by atoms with Crippen LogP contribution in [0.5, 0.6) is 0 Å². The maximum atomic E-state index is 12.8. The molecule has 0 aliphatic heterocycles. The van der Waals surface area contributed by atoms with E-state index in [-0.39, 0.29) is 11.7 Å². The lowest BCUT2D eigenvalue weighted by atomic mass is 10.2. The standard InChI is InChI=1S/C16H14FN3O/c1-11(19-14-7-5-13(17)6-8-14)16(21)20-15-4-2-3-12(9-15)10-18/h2-9,11,19H,1H3,(H,20,21)/t11-/m0/s1. The first-order chi connectivity index (χ1) is 10.1. The highest BCUT2D eigenvalue weighted by molar-refractivity contribution is 5.96. The van der Waals surface area contributed by atoms with Gasteiger partial charge in [-0.2, -0.15) is 5.26 Å². The molecule has 0 aliphatic carbocycles. The van der Waals surface area contributed by atoms with E-state index in [9.17, 15) is 9.18 Å². The fourth-order valence-electron chi connectivity index (χ4n) is 1.78. The average Bonchev–Trinajstić information content (AvgIpc) is 2.49. The number of carbonyl (C=O) groups is 1. The van der Waals surface area contributed by atoms with Crippen LogP contribution < -0.4 is 10.6 Å². The van der Waals surface area contributed by atoms with Crippen LogP contribution in [0.2, 0.25) is 0 Å². The van der Waals surface area contributed by atoms with Gasteiger partial charge in [0.1, 0.15) is 11.9 Å². The quantitative estimate of drug-likeness (QED) is 0.906. The molecule has 2 N–H and O–H groups in total. The van der Waals surface area contributed by atoms with Crippen LogP contribution >= 0.6 is 0 Å². The molecule has 0 spiro atoms. The highest BCUT2D eigenvalue weighted by Crippen LogP contribution is 2.13. The van der Waals surface area contributed by atoms with E-state index in [0.29, 0.717) is 16.9 Å². The molecule has 1 amide bonds. The number of carbonyl (C=O) groups excluding carboxylic acids is 1. The van der Waals surface area contributed by atoms with Gasteiger partial charge in [0.2, 0.25) is 5.91 Å². The monoisotopic (exact) mass is 283 g/mol. The fraction of sp³-hybridized carbons (Fsp3) is 0.125. The number of nitrogens with one attached hydrogen (secondary N) is 2. The molecule has 0 radical (unpaired) electrons. The third kappa shape index (κ3) is 4.05. The van der Waals surface area contributed by atoms with Crippen molar-refractivity contribution in [2.45, 2.75) is 13.0 Å². The number of amides is 1. The average molecular weight is 283 g/mol. The zero-order valence-corrected chi connectivity index (χ0v) is 11.4. The predicted octanol–water partition coefficient (Wildman–Crippen LogP) is 3.14. The van der Waals surface area contributed by atoms with Crippen molar-refractivity contribution in [2.24, 2.45) is 0 Å². The maximum Gasteiger partial charge on any atom is 0.246 e. The number of nitrogens with zero attached hydrogens (tertiary/aromatic N) is 1. The summed E-state index contributed by atoms with van der Waals surface area (Å²) in [5, 5.41) is 14.5. The first kappa shape index (κ1) is 14.5. The Morgan fingerprint density at radius 2 is 1.90 bits per heavy atom. The van der Waals surface area contributed by atoms with E-state index < -0.39 is 6.04 Å². The van der Waals surface area contributed by atoms with Gasteiger partial charge in [-0.05, 0) is 49.4 Å². The number of hydrogen-bond donors (Lipinski definition) is 2. The Morgan fingerprint density at radius 3 is 2.57 bits per heavy atom. The lowest BCUT2D eigenvalue weighted by Crippen LogP contribution is -2.31. The zero-order valence-electron chi connectivity index (χ0n) is 11.4.